The molecular formula is C14H17N3O. The second-order valence-electron chi connectivity index (χ2n) is 4.87. The van der Waals surface area contributed by atoms with E-state index in [9.17, 15) is 4.79 Å². The molecule has 0 amide bonds. The number of pyridine rings is 1. The van der Waals surface area contributed by atoms with E-state index in [0.29, 0.717) is 0 Å². The Hall–Kier alpha value is -1.68. The molecule has 0 radical (unpaired) electrons. The Kier molecular flexibility index (Phi) is 3.11. The fourth-order valence-electron chi connectivity index (χ4n) is 2.64. The smallest absolute Gasteiger partial charge is 0.137 e. The summed E-state index contributed by atoms with van der Waals surface area (Å²) in [7, 11) is 0. The number of likely N-dealkylation sites (tertiary alicyclic amines) is 1. The van der Waals surface area contributed by atoms with Crippen molar-refractivity contribution in [3.63, 3.8) is 0 Å². The van der Waals surface area contributed by atoms with Crippen molar-refractivity contribution >= 4 is 11.9 Å². The van der Waals surface area contributed by atoms with Crippen LogP contribution in [-0.4, -0.2) is 33.2 Å². The van der Waals surface area contributed by atoms with Crippen LogP contribution in [0, 0.1) is 0 Å². The van der Waals surface area contributed by atoms with Gasteiger partial charge in [0.05, 0.1) is 11.7 Å². The first kappa shape index (κ1) is 11.4. The van der Waals surface area contributed by atoms with E-state index in [4.69, 9.17) is 0 Å². The molecule has 4 nitrogen and oxygen atoms in total. The molecule has 2 aromatic heterocycles. The van der Waals surface area contributed by atoms with Crippen molar-refractivity contribution < 1.29 is 4.79 Å². The van der Waals surface area contributed by atoms with Gasteiger partial charge in [0.15, 0.2) is 0 Å². The van der Waals surface area contributed by atoms with Crippen molar-refractivity contribution in [1.29, 1.82) is 0 Å². The lowest BCUT2D eigenvalue weighted by molar-refractivity contribution is -0.113. The lowest BCUT2D eigenvalue weighted by atomic mass is 10.0. The summed E-state index contributed by atoms with van der Waals surface area (Å²) in [5, 5.41) is 0. The maximum atomic E-state index is 11.1. The summed E-state index contributed by atoms with van der Waals surface area (Å²) in [5.74, 6) is 0. The van der Waals surface area contributed by atoms with Crippen molar-refractivity contribution in [2.75, 3.05) is 6.54 Å². The summed E-state index contributed by atoms with van der Waals surface area (Å²) in [6, 6.07) is 6.05. The first-order chi connectivity index (χ1) is 8.86. The Balaban J connectivity index is 1.80. The average molecular weight is 243 g/mol. The lowest BCUT2D eigenvalue weighted by Gasteiger charge is -2.31. The summed E-state index contributed by atoms with van der Waals surface area (Å²) in [5.41, 5.74) is 2.00. The Bertz CT molecular complexity index is 516. The van der Waals surface area contributed by atoms with Gasteiger partial charge >= 0.3 is 0 Å². The van der Waals surface area contributed by atoms with E-state index in [1.54, 1.807) is 0 Å². The van der Waals surface area contributed by atoms with E-state index in [1.165, 1.54) is 6.42 Å². The number of fused-ring (bicyclic) bond motifs is 1. The number of rotatable bonds is 3. The fraction of sp³-hybridized carbons (Fsp3) is 0.429. The molecule has 1 aliphatic rings. The number of hydrogen-bond acceptors (Lipinski definition) is 3. The summed E-state index contributed by atoms with van der Waals surface area (Å²) in [4.78, 5) is 17.9. The third kappa shape index (κ3) is 2.16. The number of piperidine rings is 1. The van der Waals surface area contributed by atoms with Crippen molar-refractivity contribution in [3.8, 4) is 0 Å². The van der Waals surface area contributed by atoms with Gasteiger partial charge in [0.1, 0.15) is 11.9 Å². The molecule has 94 valence electrons. The molecule has 0 bridgehead atoms. The van der Waals surface area contributed by atoms with E-state index in [-0.39, 0.29) is 6.04 Å². The van der Waals surface area contributed by atoms with Crippen molar-refractivity contribution in [2.24, 2.45) is 0 Å². The number of carbonyl (C=O) groups is 1. The maximum absolute atomic E-state index is 11.1. The number of aromatic nitrogens is 2. The van der Waals surface area contributed by atoms with Crippen LogP contribution in [0.2, 0.25) is 0 Å². The fourth-order valence-corrected chi connectivity index (χ4v) is 2.64. The predicted octanol–water partition coefficient (Wildman–Crippen LogP) is 1.89. The number of nitrogens with zero attached hydrogens (tertiary/aromatic N) is 3. The van der Waals surface area contributed by atoms with Gasteiger partial charge in [-0.1, -0.05) is 12.5 Å². The van der Waals surface area contributed by atoms with Crippen molar-refractivity contribution in [2.45, 2.75) is 31.8 Å². The first-order valence-corrected chi connectivity index (χ1v) is 6.49. The van der Waals surface area contributed by atoms with Crippen LogP contribution in [0.1, 0.15) is 25.0 Å². The highest BCUT2D eigenvalue weighted by molar-refractivity contribution is 5.57. The Labute approximate surface area is 106 Å². The van der Waals surface area contributed by atoms with Gasteiger partial charge in [-0.3, -0.25) is 4.90 Å². The van der Waals surface area contributed by atoms with E-state index in [1.807, 2.05) is 35.0 Å². The number of carbonyl (C=O) groups excluding carboxylic acids is 1. The number of imidazole rings is 1. The summed E-state index contributed by atoms with van der Waals surface area (Å²) >= 11 is 0. The standard InChI is InChI=1S/C14H17N3O/c18-11-13-5-1-3-7-16(13)9-12-10-17-8-4-2-6-14(17)15-12/h2,4,6,8,10-11,13H,1,3,5,7,9H2. The zero-order chi connectivity index (χ0) is 12.4. The molecular weight excluding hydrogens is 226 g/mol. The van der Waals surface area contributed by atoms with Gasteiger partial charge in [0, 0.05) is 18.9 Å². The monoisotopic (exact) mass is 243 g/mol. The summed E-state index contributed by atoms with van der Waals surface area (Å²) < 4.78 is 2.02. The van der Waals surface area contributed by atoms with E-state index in [2.05, 4.69) is 9.88 Å². The van der Waals surface area contributed by atoms with Gasteiger partial charge in [0.2, 0.25) is 0 Å². The molecule has 0 spiro atoms. The van der Waals surface area contributed by atoms with Crippen molar-refractivity contribution in [3.05, 3.63) is 36.3 Å². The van der Waals surface area contributed by atoms with Crippen LogP contribution in [-0.2, 0) is 11.3 Å². The zero-order valence-corrected chi connectivity index (χ0v) is 10.3. The lowest BCUT2D eigenvalue weighted by Crippen LogP contribution is -2.39. The van der Waals surface area contributed by atoms with E-state index in [0.717, 1.165) is 43.6 Å². The highest BCUT2D eigenvalue weighted by Gasteiger charge is 2.22. The molecule has 4 heteroatoms. The maximum Gasteiger partial charge on any atom is 0.137 e. The Morgan fingerprint density at radius 2 is 2.33 bits per heavy atom. The predicted molar refractivity (Wildman–Crippen MR) is 69.3 cm³/mol. The largest absolute Gasteiger partial charge is 0.307 e. The third-order valence-electron chi connectivity index (χ3n) is 3.60. The molecule has 0 aliphatic carbocycles. The molecule has 1 atom stereocenters. The van der Waals surface area contributed by atoms with Crippen LogP contribution in [0.25, 0.3) is 5.65 Å². The minimum atomic E-state index is 0.0727. The van der Waals surface area contributed by atoms with Gasteiger partial charge < -0.3 is 9.20 Å². The molecule has 2 aromatic rings. The van der Waals surface area contributed by atoms with Gasteiger partial charge in [0.25, 0.3) is 0 Å². The van der Waals surface area contributed by atoms with Crippen LogP contribution in [0.4, 0.5) is 0 Å². The van der Waals surface area contributed by atoms with Gasteiger partial charge in [-0.25, -0.2) is 4.98 Å². The molecule has 3 rings (SSSR count). The zero-order valence-electron chi connectivity index (χ0n) is 10.3. The summed E-state index contributed by atoms with van der Waals surface area (Å²) in [6.45, 7) is 1.77. The van der Waals surface area contributed by atoms with Gasteiger partial charge in [-0.15, -0.1) is 0 Å². The van der Waals surface area contributed by atoms with Crippen LogP contribution >= 0.6 is 0 Å². The molecule has 0 N–H and O–H groups in total. The minimum absolute atomic E-state index is 0.0727. The van der Waals surface area contributed by atoms with Crippen molar-refractivity contribution in [1.82, 2.24) is 14.3 Å². The highest BCUT2D eigenvalue weighted by Crippen LogP contribution is 2.18. The molecule has 0 saturated carbocycles. The van der Waals surface area contributed by atoms with E-state index >= 15 is 0 Å². The quantitative estimate of drug-likeness (QED) is 0.773. The Morgan fingerprint density at radius 1 is 1.39 bits per heavy atom. The molecule has 3 heterocycles. The normalized spacial score (nSPS) is 21.2. The SMILES string of the molecule is O=CC1CCCCN1Cc1cn2ccccc2n1. The van der Waals surface area contributed by atoms with Crippen LogP contribution in [0.15, 0.2) is 30.6 Å². The topological polar surface area (TPSA) is 37.6 Å². The van der Waals surface area contributed by atoms with Gasteiger partial charge in [-0.2, -0.15) is 0 Å². The first-order valence-electron chi connectivity index (χ1n) is 6.49. The van der Waals surface area contributed by atoms with Crippen LogP contribution in [0.5, 0.6) is 0 Å². The average Bonchev–Trinajstić information content (AvgIpc) is 2.81. The molecule has 1 unspecified atom stereocenters. The molecule has 1 aliphatic heterocycles. The molecule has 1 saturated heterocycles. The molecule has 18 heavy (non-hydrogen) atoms. The highest BCUT2D eigenvalue weighted by atomic mass is 16.1. The summed E-state index contributed by atoms with van der Waals surface area (Å²) in [6.07, 6.45) is 8.44. The second kappa shape index (κ2) is 4.90. The molecule has 1 fully saturated rings. The molecule has 0 aromatic carbocycles. The van der Waals surface area contributed by atoms with Crippen LogP contribution < -0.4 is 0 Å². The second-order valence-corrected chi connectivity index (χ2v) is 4.87. The number of aldehydes is 1. The number of hydrogen-bond donors (Lipinski definition) is 0. The van der Waals surface area contributed by atoms with E-state index < -0.39 is 0 Å². The third-order valence-corrected chi connectivity index (χ3v) is 3.60. The van der Waals surface area contributed by atoms with Gasteiger partial charge in [-0.05, 0) is 31.5 Å². The minimum Gasteiger partial charge on any atom is -0.307 e. The Morgan fingerprint density at radius 3 is 3.17 bits per heavy atom. The van der Waals surface area contributed by atoms with Crippen LogP contribution in [0.3, 0.4) is 0 Å².